The highest BCUT2D eigenvalue weighted by molar-refractivity contribution is 6.33. The zero-order valence-corrected chi connectivity index (χ0v) is 24.8. The van der Waals surface area contributed by atoms with E-state index in [1.54, 1.807) is 0 Å². The summed E-state index contributed by atoms with van der Waals surface area (Å²) in [6.45, 7) is 8.25. The molecule has 7 nitrogen and oxygen atoms in total. The smallest absolute Gasteiger partial charge is 0.300 e. The van der Waals surface area contributed by atoms with Crippen LogP contribution < -0.4 is 21.0 Å². The molecule has 5 rings (SSSR count). The first-order valence-electron chi connectivity index (χ1n) is 14.8. The van der Waals surface area contributed by atoms with Crippen LogP contribution in [0.4, 0.5) is 11.4 Å². The third kappa shape index (κ3) is 7.22. The number of hydrogen-bond acceptors (Lipinski definition) is 5. The molecule has 0 saturated heterocycles. The summed E-state index contributed by atoms with van der Waals surface area (Å²) in [6, 6.07) is 32.3. The second-order valence-electron chi connectivity index (χ2n) is 10.3. The van der Waals surface area contributed by atoms with Crippen LogP contribution in [-0.2, 0) is 9.59 Å². The third-order valence-corrected chi connectivity index (χ3v) is 7.00. The quantitative estimate of drug-likeness (QED) is 0.140. The van der Waals surface area contributed by atoms with Crippen LogP contribution in [0.5, 0.6) is 0 Å². The molecule has 0 aliphatic carbocycles. The summed E-state index contributed by atoms with van der Waals surface area (Å²) in [7, 11) is 0. The van der Waals surface area contributed by atoms with Gasteiger partial charge in [-0.05, 0) is 61.0 Å². The number of amides is 2. The molecule has 4 aromatic rings. The van der Waals surface area contributed by atoms with Gasteiger partial charge in [0.15, 0.2) is 0 Å². The highest BCUT2D eigenvalue weighted by Gasteiger charge is 2.53. The maximum Gasteiger partial charge on any atom is 0.300 e. The van der Waals surface area contributed by atoms with Crippen molar-refractivity contribution in [2.75, 3.05) is 23.4 Å². The van der Waals surface area contributed by atoms with Gasteiger partial charge in [0.05, 0.1) is 5.69 Å². The predicted octanol–water partition coefficient (Wildman–Crippen LogP) is 6.71. The fourth-order valence-corrected chi connectivity index (χ4v) is 4.90. The summed E-state index contributed by atoms with van der Waals surface area (Å²) in [4.78, 5) is 26.5. The van der Waals surface area contributed by atoms with Crippen LogP contribution in [0.3, 0.4) is 0 Å². The first kappa shape index (κ1) is 30.5. The van der Waals surface area contributed by atoms with Gasteiger partial charge in [0, 0.05) is 18.2 Å². The van der Waals surface area contributed by atoms with Gasteiger partial charge in [-0.15, -0.1) is 0 Å². The number of fused-ring (bicyclic) bond motifs is 1. The second-order valence-corrected chi connectivity index (χ2v) is 10.3. The van der Waals surface area contributed by atoms with E-state index >= 15 is 0 Å². The number of nitrogens with zero attached hydrogens (tertiary/aromatic N) is 2. The van der Waals surface area contributed by atoms with Crippen LogP contribution in [0.25, 0.3) is 10.8 Å². The SMILES string of the molecule is CC(=O)NC1(Nc2ccccc2)C(=O)N(c2ccccc2)N=C1c1cccc2ccccc12.CCCCNCCCC. The number of unbranched alkanes of at least 4 members (excludes halogenated alkanes) is 2. The van der Waals surface area contributed by atoms with Gasteiger partial charge >= 0.3 is 5.91 Å². The molecule has 4 aromatic carbocycles. The Labute approximate surface area is 249 Å². The Morgan fingerprint density at radius 1 is 0.786 bits per heavy atom. The molecule has 42 heavy (non-hydrogen) atoms. The highest BCUT2D eigenvalue weighted by atomic mass is 16.2. The first-order chi connectivity index (χ1) is 20.5. The number of benzene rings is 4. The van der Waals surface area contributed by atoms with Crippen molar-refractivity contribution in [3.05, 3.63) is 109 Å². The number of nitrogens with one attached hydrogen (secondary N) is 3. The lowest BCUT2D eigenvalue weighted by Gasteiger charge is -2.32. The summed E-state index contributed by atoms with van der Waals surface area (Å²) >= 11 is 0. The van der Waals surface area contributed by atoms with Gasteiger partial charge < -0.3 is 16.0 Å². The lowest BCUT2D eigenvalue weighted by molar-refractivity contribution is -0.127. The van der Waals surface area contributed by atoms with E-state index in [2.05, 4.69) is 29.8 Å². The molecule has 1 aliphatic heterocycles. The molecule has 7 heteroatoms. The number of hydrazone groups is 1. The summed E-state index contributed by atoms with van der Waals surface area (Å²) < 4.78 is 0. The van der Waals surface area contributed by atoms with Crippen molar-refractivity contribution in [1.82, 2.24) is 10.6 Å². The van der Waals surface area contributed by atoms with E-state index in [1.165, 1.54) is 50.7 Å². The van der Waals surface area contributed by atoms with Crippen LogP contribution in [0.2, 0.25) is 0 Å². The van der Waals surface area contributed by atoms with E-state index in [-0.39, 0.29) is 5.91 Å². The van der Waals surface area contributed by atoms with Crippen LogP contribution in [0.15, 0.2) is 108 Å². The standard InChI is InChI=1S/C27H22N4O2.C8H19N/c1-19(32)28-27(29-21-13-4-2-5-14-21)25(24-18-10-12-20-11-8-9-17-23(20)24)30-31(26(27)33)22-15-6-3-7-16-22;1-3-5-7-9-8-6-4-2/h2-18,29H,1H3,(H,28,32);9H,3-8H2,1-2H3. The molecule has 218 valence electrons. The maximum absolute atomic E-state index is 14.0. The molecular formula is C35H41N5O2. The molecule has 2 amide bonds. The Hall–Kier alpha value is -4.49. The molecule has 1 heterocycles. The Balaban J connectivity index is 0.000000392. The van der Waals surface area contributed by atoms with E-state index in [1.807, 2.05) is 103 Å². The van der Waals surface area contributed by atoms with Gasteiger partial charge in [-0.25, -0.2) is 0 Å². The molecular weight excluding hydrogens is 522 g/mol. The molecule has 1 unspecified atom stereocenters. The minimum absolute atomic E-state index is 0.352. The molecule has 0 fully saturated rings. The number of anilines is 2. The van der Waals surface area contributed by atoms with Gasteiger partial charge in [0.2, 0.25) is 11.6 Å². The number of para-hydroxylation sites is 2. The number of hydrogen-bond donors (Lipinski definition) is 3. The average molecular weight is 564 g/mol. The van der Waals surface area contributed by atoms with Crippen molar-refractivity contribution < 1.29 is 9.59 Å². The maximum atomic E-state index is 14.0. The fourth-order valence-electron chi connectivity index (χ4n) is 4.90. The van der Waals surface area contributed by atoms with Crippen LogP contribution >= 0.6 is 0 Å². The Bertz CT molecular complexity index is 1480. The zero-order chi connectivity index (χ0) is 29.8. The predicted molar refractivity (Wildman–Crippen MR) is 174 cm³/mol. The lowest BCUT2D eigenvalue weighted by Crippen LogP contribution is -2.64. The largest absolute Gasteiger partial charge is 0.350 e. The lowest BCUT2D eigenvalue weighted by atomic mass is 9.92. The molecule has 1 atom stereocenters. The van der Waals surface area contributed by atoms with Crippen molar-refractivity contribution in [3.8, 4) is 0 Å². The van der Waals surface area contributed by atoms with E-state index in [9.17, 15) is 9.59 Å². The number of carbonyl (C=O) groups is 2. The summed E-state index contributed by atoms with van der Waals surface area (Å²) in [5, 5.41) is 17.7. The Morgan fingerprint density at radius 3 is 2.02 bits per heavy atom. The minimum Gasteiger partial charge on any atom is -0.350 e. The third-order valence-electron chi connectivity index (χ3n) is 7.00. The normalized spacial score (nSPS) is 16.0. The molecule has 3 N–H and O–H groups in total. The number of carbonyl (C=O) groups excluding carboxylic acids is 2. The fraction of sp³-hybridized carbons (Fsp3) is 0.286. The molecule has 0 bridgehead atoms. The van der Waals surface area contributed by atoms with E-state index < -0.39 is 11.6 Å². The van der Waals surface area contributed by atoms with Crippen LogP contribution in [0, 0.1) is 0 Å². The molecule has 0 saturated carbocycles. The number of rotatable bonds is 11. The molecule has 0 radical (unpaired) electrons. The van der Waals surface area contributed by atoms with Crippen molar-refractivity contribution in [2.24, 2.45) is 5.10 Å². The molecule has 1 aliphatic rings. The van der Waals surface area contributed by atoms with Crippen LogP contribution in [0.1, 0.15) is 52.0 Å². The summed E-state index contributed by atoms with van der Waals surface area (Å²) in [6.07, 6.45) is 5.26. The zero-order valence-electron chi connectivity index (χ0n) is 24.8. The Morgan fingerprint density at radius 2 is 1.38 bits per heavy atom. The second kappa shape index (κ2) is 14.9. The van der Waals surface area contributed by atoms with E-state index in [4.69, 9.17) is 5.10 Å². The average Bonchev–Trinajstić information content (AvgIpc) is 3.28. The van der Waals surface area contributed by atoms with Gasteiger partial charge in [0.1, 0.15) is 5.71 Å². The van der Waals surface area contributed by atoms with Crippen molar-refractivity contribution in [3.63, 3.8) is 0 Å². The molecule has 0 aromatic heterocycles. The van der Waals surface area contributed by atoms with Crippen molar-refractivity contribution in [2.45, 2.75) is 52.1 Å². The first-order valence-corrected chi connectivity index (χ1v) is 14.8. The van der Waals surface area contributed by atoms with Crippen molar-refractivity contribution in [1.29, 1.82) is 0 Å². The van der Waals surface area contributed by atoms with E-state index in [0.717, 1.165) is 16.3 Å². The topological polar surface area (TPSA) is 85.8 Å². The van der Waals surface area contributed by atoms with Gasteiger partial charge in [0.25, 0.3) is 0 Å². The summed E-state index contributed by atoms with van der Waals surface area (Å²) in [5.74, 6) is -0.745. The van der Waals surface area contributed by atoms with Crippen LogP contribution in [-0.4, -0.2) is 36.3 Å². The highest BCUT2D eigenvalue weighted by Crippen LogP contribution is 2.33. The van der Waals surface area contributed by atoms with Gasteiger partial charge in [-0.1, -0.05) is 106 Å². The van der Waals surface area contributed by atoms with Crippen molar-refractivity contribution >= 4 is 39.7 Å². The minimum atomic E-state index is -1.59. The molecule has 0 spiro atoms. The monoisotopic (exact) mass is 563 g/mol. The Kier molecular flexibility index (Phi) is 10.8. The summed E-state index contributed by atoms with van der Waals surface area (Å²) in [5.41, 5.74) is 0.890. The van der Waals surface area contributed by atoms with Gasteiger partial charge in [-0.2, -0.15) is 10.1 Å². The van der Waals surface area contributed by atoms with E-state index in [0.29, 0.717) is 17.1 Å². The van der Waals surface area contributed by atoms with Gasteiger partial charge in [-0.3, -0.25) is 9.59 Å².